The van der Waals surface area contributed by atoms with E-state index < -0.39 is 12.4 Å². The van der Waals surface area contributed by atoms with Crippen LogP contribution in [0.3, 0.4) is 0 Å². The fraction of sp³-hybridized carbons (Fsp3) is 0.190. The summed E-state index contributed by atoms with van der Waals surface area (Å²) in [6.45, 7) is 3.42. The molecule has 0 saturated heterocycles. The van der Waals surface area contributed by atoms with Crippen LogP contribution in [0.1, 0.15) is 25.0 Å². The minimum Gasteiger partial charge on any atom is -0.383 e. The summed E-state index contributed by atoms with van der Waals surface area (Å²) in [5.41, 5.74) is 9.22. The number of allylic oxidation sites excluding steroid dienone is 2. The summed E-state index contributed by atoms with van der Waals surface area (Å²) in [5.74, 6) is 9.94. The van der Waals surface area contributed by atoms with Crippen LogP contribution < -0.4 is 22.7 Å². The second kappa shape index (κ2) is 10.8. The molecule has 8 nitrogen and oxygen atoms in total. The first-order chi connectivity index (χ1) is 14.8. The van der Waals surface area contributed by atoms with Crippen LogP contribution >= 0.6 is 0 Å². The van der Waals surface area contributed by atoms with Crippen molar-refractivity contribution >= 4 is 23.2 Å². The Balaban J connectivity index is 0.000000785. The van der Waals surface area contributed by atoms with Crippen molar-refractivity contribution in [1.82, 2.24) is 9.99 Å². The van der Waals surface area contributed by atoms with Gasteiger partial charge in [-0.15, -0.1) is 0 Å². The molecule has 0 aliphatic carbocycles. The van der Waals surface area contributed by atoms with Gasteiger partial charge in [0.15, 0.2) is 5.84 Å². The highest BCUT2D eigenvalue weighted by atomic mass is 19.2. The van der Waals surface area contributed by atoms with E-state index in [4.69, 9.17) is 17.4 Å². The van der Waals surface area contributed by atoms with Gasteiger partial charge in [0.05, 0.1) is 18.5 Å². The molecule has 1 aromatic carbocycles. The van der Waals surface area contributed by atoms with Crippen LogP contribution in [0.5, 0.6) is 0 Å². The topological polar surface area (TPSA) is 136 Å². The molecular weight excluding hydrogens is 404 g/mol. The lowest BCUT2D eigenvalue weighted by Crippen LogP contribution is -2.40. The number of nitrogens with one attached hydrogen (secondary N) is 1. The van der Waals surface area contributed by atoms with Crippen molar-refractivity contribution in [2.75, 3.05) is 17.6 Å². The SMILES string of the molecule is C/C=C\C.N/N=C(/c1cc(-c2ccc3c(c2)CC(=O)N3)cnc1N)N(N)C/C(F)=C/F. The summed E-state index contributed by atoms with van der Waals surface area (Å²) in [6, 6.07) is 7.10. The van der Waals surface area contributed by atoms with E-state index in [0.29, 0.717) is 12.0 Å². The number of carbonyl (C=O) groups excluding carboxylic acids is 1. The number of aromatic nitrogens is 1. The van der Waals surface area contributed by atoms with Gasteiger partial charge in [0.25, 0.3) is 0 Å². The zero-order chi connectivity index (χ0) is 23.0. The van der Waals surface area contributed by atoms with E-state index in [1.54, 1.807) is 18.3 Å². The Kier molecular flexibility index (Phi) is 8.21. The van der Waals surface area contributed by atoms with Crippen molar-refractivity contribution in [3.63, 3.8) is 0 Å². The summed E-state index contributed by atoms with van der Waals surface area (Å²) in [4.78, 5) is 15.6. The number of nitrogens with zero attached hydrogens (tertiary/aromatic N) is 3. The number of benzene rings is 1. The maximum absolute atomic E-state index is 13.2. The molecule has 0 unspecified atom stereocenters. The van der Waals surface area contributed by atoms with E-state index in [2.05, 4.69) is 15.4 Å². The Morgan fingerprint density at radius 3 is 2.61 bits per heavy atom. The number of hydrazone groups is 1. The first kappa shape index (κ1) is 23.5. The highest BCUT2D eigenvalue weighted by molar-refractivity contribution is 6.03. The molecular formula is C21H25F2N7O. The number of rotatable bonds is 4. The van der Waals surface area contributed by atoms with Crippen LogP contribution in [0.2, 0.25) is 0 Å². The number of nitrogens with two attached hydrogens (primary N) is 3. The number of hydrogen-bond donors (Lipinski definition) is 4. The number of pyridine rings is 1. The van der Waals surface area contributed by atoms with Gasteiger partial charge in [-0.05, 0) is 43.2 Å². The molecule has 0 fully saturated rings. The lowest BCUT2D eigenvalue weighted by molar-refractivity contribution is -0.115. The second-order valence-corrected chi connectivity index (χ2v) is 6.56. The lowest BCUT2D eigenvalue weighted by atomic mass is 10.0. The van der Waals surface area contributed by atoms with Gasteiger partial charge in [-0.1, -0.05) is 18.2 Å². The number of anilines is 2. The lowest BCUT2D eigenvalue weighted by Gasteiger charge is -2.20. The number of halogens is 2. The van der Waals surface area contributed by atoms with Crippen LogP contribution in [-0.2, 0) is 11.2 Å². The molecule has 2 aromatic rings. The van der Waals surface area contributed by atoms with Crippen LogP contribution in [0.25, 0.3) is 11.1 Å². The van der Waals surface area contributed by atoms with Crippen LogP contribution in [0.4, 0.5) is 20.3 Å². The first-order valence-electron chi connectivity index (χ1n) is 9.35. The molecule has 0 saturated carbocycles. The first-order valence-corrected chi connectivity index (χ1v) is 9.35. The Bertz CT molecular complexity index is 1030. The number of carbonyl (C=O) groups is 1. The third-order valence-electron chi connectivity index (χ3n) is 4.39. The van der Waals surface area contributed by atoms with Crippen molar-refractivity contribution in [2.45, 2.75) is 20.3 Å². The smallest absolute Gasteiger partial charge is 0.228 e. The number of amides is 1. The third kappa shape index (κ3) is 5.86. The molecule has 0 bridgehead atoms. The fourth-order valence-corrected chi connectivity index (χ4v) is 2.79. The predicted octanol–water partition coefficient (Wildman–Crippen LogP) is 2.98. The average Bonchev–Trinajstić information content (AvgIpc) is 3.14. The highest BCUT2D eigenvalue weighted by Gasteiger charge is 2.20. The standard InChI is InChI=1S/C17H17F2N7O.C4H8/c18-6-12(19)8-26(22)17(25-21)13-4-11(7-23-16(13)20)9-1-2-14-10(3-9)5-15(27)24-14;1-3-4-2/h1-4,6-7H,5,8,21-22H2,(H2,20,23)(H,24,27);3-4H,1-2H3/b12-6-,25-17-;4-3-. The molecule has 0 atom stereocenters. The number of nitrogen functional groups attached to an aromatic ring is 1. The Hall–Kier alpha value is -3.79. The van der Waals surface area contributed by atoms with Gasteiger partial charge >= 0.3 is 0 Å². The predicted molar refractivity (Wildman–Crippen MR) is 119 cm³/mol. The summed E-state index contributed by atoms with van der Waals surface area (Å²) in [7, 11) is 0. The molecule has 10 heteroatoms. The van der Waals surface area contributed by atoms with Gasteiger partial charge in [0, 0.05) is 17.4 Å². The van der Waals surface area contributed by atoms with Gasteiger partial charge in [0.2, 0.25) is 5.91 Å². The largest absolute Gasteiger partial charge is 0.383 e. The minimum atomic E-state index is -1.10. The number of fused-ring (bicyclic) bond motifs is 1. The van der Waals surface area contributed by atoms with Crippen molar-refractivity contribution in [3.05, 3.63) is 65.9 Å². The van der Waals surface area contributed by atoms with Crippen LogP contribution in [0, 0.1) is 0 Å². The zero-order valence-corrected chi connectivity index (χ0v) is 17.3. The second-order valence-electron chi connectivity index (χ2n) is 6.56. The van der Waals surface area contributed by atoms with E-state index in [9.17, 15) is 13.6 Å². The quantitative estimate of drug-likeness (QED) is 0.194. The van der Waals surface area contributed by atoms with E-state index in [0.717, 1.165) is 21.8 Å². The van der Waals surface area contributed by atoms with Crippen molar-refractivity contribution < 1.29 is 13.6 Å². The molecule has 3 rings (SSSR count). The number of hydrogen-bond acceptors (Lipinski definition) is 6. The van der Waals surface area contributed by atoms with Gasteiger partial charge in [0.1, 0.15) is 18.0 Å². The molecule has 0 spiro atoms. The van der Waals surface area contributed by atoms with Crippen molar-refractivity contribution in [3.8, 4) is 11.1 Å². The summed E-state index contributed by atoms with van der Waals surface area (Å²) >= 11 is 0. The Morgan fingerprint density at radius 2 is 2.00 bits per heavy atom. The maximum atomic E-state index is 13.2. The molecule has 164 valence electrons. The van der Waals surface area contributed by atoms with Gasteiger partial charge in [-0.25, -0.2) is 19.6 Å². The van der Waals surface area contributed by atoms with E-state index in [-0.39, 0.29) is 29.5 Å². The molecule has 0 radical (unpaired) electrons. The summed E-state index contributed by atoms with van der Waals surface area (Å²) < 4.78 is 25.4. The minimum absolute atomic E-state index is 0.0585. The van der Waals surface area contributed by atoms with Crippen molar-refractivity contribution in [2.24, 2.45) is 16.8 Å². The summed E-state index contributed by atoms with van der Waals surface area (Å²) in [5, 5.41) is 7.12. The highest BCUT2D eigenvalue weighted by Crippen LogP contribution is 2.30. The number of amidine groups is 1. The Morgan fingerprint density at radius 1 is 1.29 bits per heavy atom. The Labute approximate surface area is 179 Å². The average molecular weight is 429 g/mol. The molecule has 31 heavy (non-hydrogen) atoms. The van der Waals surface area contributed by atoms with Crippen LogP contribution in [-0.4, -0.2) is 28.3 Å². The molecule has 2 heterocycles. The normalized spacial score (nSPS) is 13.5. The van der Waals surface area contributed by atoms with E-state index in [1.807, 2.05) is 38.1 Å². The number of hydrazine groups is 1. The third-order valence-corrected chi connectivity index (χ3v) is 4.39. The molecule has 1 aliphatic heterocycles. The molecule has 1 aromatic heterocycles. The molecule has 7 N–H and O–H groups in total. The van der Waals surface area contributed by atoms with Gasteiger partial charge in [-0.3, -0.25) is 9.80 Å². The zero-order valence-electron chi connectivity index (χ0n) is 17.3. The molecule has 1 amide bonds. The monoisotopic (exact) mass is 429 g/mol. The van der Waals surface area contributed by atoms with Crippen LogP contribution in [0.15, 0.2) is 59.9 Å². The van der Waals surface area contributed by atoms with E-state index >= 15 is 0 Å². The van der Waals surface area contributed by atoms with Crippen molar-refractivity contribution in [1.29, 1.82) is 0 Å². The van der Waals surface area contributed by atoms with E-state index in [1.165, 1.54) is 0 Å². The fourth-order valence-electron chi connectivity index (χ4n) is 2.79. The molecule has 1 aliphatic rings. The summed E-state index contributed by atoms with van der Waals surface area (Å²) in [6.07, 6.45) is 5.63. The van der Waals surface area contributed by atoms with Gasteiger partial charge < -0.3 is 16.9 Å². The van der Waals surface area contributed by atoms with Gasteiger partial charge in [-0.2, -0.15) is 5.10 Å². The maximum Gasteiger partial charge on any atom is 0.228 e.